The van der Waals surface area contributed by atoms with Crippen molar-refractivity contribution in [3.63, 3.8) is 0 Å². The molecule has 1 unspecified atom stereocenters. The molecule has 1 aliphatic heterocycles. The highest BCUT2D eigenvalue weighted by molar-refractivity contribution is 7.99. The van der Waals surface area contributed by atoms with E-state index in [-0.39, 0.29) is 0 Å². The van der Waals surface area contributed by atoms with E-state index in [1.807, 2.05) is 11.8 Å². The Morgan fingerprint density at radius 3 is 3.00 bits per heavy atom. The zero-order valence-electron chi connectivity index (χ0n) is 10.2. The van der Waals surface area contributed by atoms with Gasteiger partial charge in [-0.15, -0.1) is 11.8 Å². The van der Waals surface area contributed by atoms with E-state index in [2.05, 4.69) is 43.4 Å². The Balaban J connectivity index is 1.80. The molecule has 1 nitrogen and oxygen atoms in total. The number of hydrogen-bond acceptors (Lipinski definition) is 2. The molecule has 1 aromatic rings. The molecule has 0 saturated carbocycles. The Labute approximate surface area is 103 Å². The number of hydrogen-bond donors (Lipinski definition) is 1. The average molecular weight is 235 g/mol. The normalized spacial score (nSPS) is 19.1. The maximum atomic E-state index is 3.67. The van der Waals surface area contributed by atoms with Crippen LogP contribution in [0.3, 0.4) is 0 Å². The largest absolute Gasteiger partial charge is 0.309 e. The molecule has 1 atom stereocenters. The van der Waals surface area contributed by atoms with Gasteiger partial charge in [0.1, 0.15) is 0 Å². The van der Waals surface area contributed by atoms with E-state index in [0.29, 0.717) is 6.04 Å². The third-order valence-corrected chi connectivity index (χ3v) is 4.23. The van der Waals surface area contributed by atoms with Crippen molar-refractivity contribution in [3.05, 3.63) is 29.8 Å². The smallest absolute Gasteiger partial charge is 0.0426 e. The fourth-order valence-electron chi connectivity index (χ4n) is 2.12. The van der Waals surface area contributed by atoms with E-state index in [4.69, 9.17) is 0 Å². The lowest BCUT2D eigenvalue weighted by Crippen LogP contribution is -2.22. The SMILES string of the molecule is CC(C)CCCNC1CSc2ccccc21. The second-order valence-corrected chi connectivity index (χ2v) is 5.95. The van der Waals surface area contributed by atoms with Crippen LogP contribution in [0.5, 0.6) is 0 Å². The van der Waals surface area contributed by atoms with Crippen LogP contribution in [0.25, 0.3) is 0 Å². The summed E-state index contributed by atoms with van der Waals surface area (Å²) in [5.74, 6) is 2.02. The lowest BCUT2D eigenvalue weighted by molar-refractivity contribution is 0.501. The van der Waals surface area contributed by atoms with Crippen molar-refractivity contribution in [1.82, 2.24) is 5.32 Å². The highest BCUT2D eigenvalue weighted by Gasteiger charge is 2.21. The molecular formula is C14H21NS. The van der Waals surface area contributed by atoms with Crippen molar-refractivity contribution in [1.29, 1.82) is 0 Å². The van der Waals surface area contributed by atoms with E-state index in [1.165, 1.54) is 29.1 Å². The number of thioether (sulfide) groups is 1. The molecule has 0 fully saturated rings. The Morgan fingerprint density at radius 1 is 1.38 bits per heavy atom. The maximum absolute atomic E-state index is 3.67. The summed E-state index contributed by atoms with van der Waals surface area (Å²) in [6.45, 7) is 5.74. The van der Waals surface area contributed by atoms with E-state index in [9.17, 15) is 0 Å². The molecule has 0 saturated heterocycles. The fraction of sp³-hybridized carbons (Fsp3) is 0.571. The zero-order chi connectivity index (χ0) is 11.4. The van der Waals surface area contributed by atoms with Gasteiger partial charge >= 0.3 is 0 Å². The highest BCUT2D eigenvalue weighted by Crippen LogP contribution is 2.37. The van der Waals surface area contributed by atoms with Crippen LogP contribution in [0.4, 0.5) is 0 Å². The number of fused-ring (bicyclic) bond motifs is 1. The van der Waals surface area contributed by atoms with Crippen molar-refractivity contribution in [2.75, 3.05) is 12.3 Å². The molecule has 1 aliphatic rings. The van der Waals surface area contributed by atoms with Crippen molar-refractivity contribution < 1.29 is 0 Å². The van der Waals surface area contributed by atoms with Gasteiger partial charge in [0, 0.05) is 16.7 Å². The first kappa shape index (κ1) is 12.0. The molecule has 1 aromatic carbocycles. The molecule has 0 amide bonds. The molecule has 0 radical (unpaired) electrons. The van der Waals surface area contributed by atoms with Gasteiger partial charge < -0.3 is 5.32 Å². The first-order valence-corrected chi connectivity index (χ1v) is 7.21. The maximum Gasteiger partial charge on any atom is 0.0426 e. The molecule has 0 aromatic heterocycles. The molecule has 0 aliphatic carbocycles. The predicted molar refractivity (Wildman–Crippen MR) is 72.0 cm³/mol. The Hall–Kier alpha value is -0.470. The standard InChI is InChI=1S/C14H21NS/c1-11(2)6-5-9-15-13-10-16-14-8-4-3-7-12(13)14/h3-4,7-8,11,13,15H,5-6,9-10H2,1-2H3. The minimum absolute atomic E-state index is 0.577. The second kappa shape index (κ2) is 5.74. The topological polar surface area (TPSA) is 12.0 Å². The molecule has 0 spiro atoms. The molecular weight excluding hydrogens is 214 g/mol. The third-order valence-electron chi connectivity index (χ3n) is 3.05. The highest BCUT2D eigenvalue weighted by atomic mass is 32.2. The van der Waals surface area contributed by atoms with Gasteiger partial charge in [-0.3, -0.25) is 0 Å². The first-order valence-electron chi connectivity index (χ1n) is 6.22. The van der Waals surface area contributed by atoms with Gasteiger partial charge in [0.25, 0.3) is 0 Å². The van der Waals surface area contributed by atoms with Crippen molar-refractivity contribution in [2.24, 2.45) is 5.92 Å². The van der Waals surface area contributed by atoms with E-state index >= 15 is 0 Å². The summed E-state index contributed by atoms with van der Waals surface area (Å²) in [6, 6.07) is 9.35. The molecule has 16 heavy (non-hydrogen) atoms. The van der Waals surface area contributed by atoms with Crippen LogP contribution in [-0.2, 0) is 0 Å². The summed E-state index contributed by atoms with van der Waals surface area (Å²) in [7, 11) is 0. The van der Waals surface area contributed by atoms with Crippen LogP contribution in [0.1, 0.15) is 38.3 Å². The average Bonchev–Trinajstić information content (AvgIpc) is 2.68. The number of benzene rings is 1. The minimum Gasteiger partial charge on any atom is -0.309 e. The lowest BCUT2D eigenvalue weighted by Gasteiger charge is -2.13. The molecule has 2 heteroatoms. The second-order valence-electron chi connectivity index (χ2n) is 4.89. The molecule has 0 bridgehead atoms. The van der Waals surface area contributed by atoms with Gasteiger partial charge in [0.05, 0.1) is 0 Å². The van der Waals surface area contributed by atoms with E-state index < -0.39 is 0 Å². The third kappa shape index (κ3) is 3.02. The van der Waals surface area contributed by atoms with Crippen LogP contribution in [0.2, 0.25) is 0 Å². The van der Waals surface area contributed by atoms with Gasteiger partial charge in [-0.1, -0.05) is 32.0 Å². The lowest BCUT2D eigenvalue weighted by atomic mass is 10.1. The van der Waals surface area contributed by atoms with E-state index in [0.717, 1.165) is 12.5 Å². The summed E-state index contributed by atoms with van der Waals surface area (Å²) in [6.07, 6.45) is 2.62. The van der Waals surface area contributed by atoms with Crippen LogP contribution < -0.4 is 5.32 Å². The first-order chi connectivity index (χ1) is 7.77. The van der Waals surface area contributed by atoms with Gasteiger partial charge in [0.15, 0.2) is 0 Å². The number of rotatable bonds is 5. The summed E-state index contributed by atoms with van der Waals surface area (Å²) >= 11 is 1.98. The van der Waals surface area contributed by atoms with Gasteiger partial charge in [-0.25, -0.2) is 0 Å². The molecule has 2 rings (SSSR count). The zero-order valence-corrected chi connectivity index (χ0v) is 11.0. The summed E-state index contributed by atoms with van der Waals surface area (Å²) in [5.41, 5.74) is 1.50. The van der Waals surface area contributed by atoms with Crippen LogP contribution in [-0.4, -0.2) is 12.3 Å². The fourth-order valence-corrected chi connectivity index (χ4v) is 3.31. The Kier molecular flexibility index (Phi) is 4.30. The Bertz CT molecular complexity index is 335. The predicted octanol–water partition coefficient (Wildman–Crippen LogP) is 3.86. The minimum atomic E-state index is 0.577. The summed E-state index contributed by atoms with van der Waals surface area (Å²) < 4.78 is 0. The van der Waals surface area contributed by atoms with Gasteiger partial charge in [-0.05, 0) is 36.9 Å². The van der Waals surface area contributed by atoms with Crippen molar-refractivity contribution in [3.8, 4) is 0 Å². The number of nitrogens with one attached hydrogen (secondary N) is 1. The quantitative estimate of drug-likeness (QED) is 0.778. The monoisotopic (exact) mass is 235 g/mol. The summed E-state index contributed by atoms with van der Waals surface area (Å²) in [5, 5.41) is 3.67. The van der Waals surface area contributed by atoms with Gasteiger partial charge in [0.2, 0.25) is 0 Å². The van der Waals surface area contributed by atoms with Gasteiger partial charge in [-0.2, -0.15) is 0 Å². The molecule has 88 valence electrons. The molecule has 1 N–H and O–H groups in total. The van der Waals surface area contributed by atoms with Crippen molar-refractivity contribution >= 4 is 11.8 Å². The van der Waals surface area contributed by atoms with Crippen LogP contribution in [0.15, 0.2) is 29.2 Å². The van der Waals surface area contributed by atoms with E-state index in [1.54, 1.807) is 0 Å². The molecule has 1 heterocycles. The Morgan fingerprint density at radius 2 is 2.19 bits per heavy atom. The van der Waals surface area contributed by atoms with Crippen LogP contribution >= 0.6 is 11.8 Å². The van der Waals surface area contributed by atoms with Crippen molar-refractivity contribution in [2.45, 2.75) is 37.6 Å². The van der Waals surface area contributed by atoms with Crippen LogP contribution in [0, 0.1) is 5.92 Å². The summed E-state index contributed by atoms with van der Waals surface area (Å²) in [4.78, 5) is 1.46.